The van der Waals surface area contributed by atoms with Crippen LogP contribution in [0.2, 0.25) is 0 Å². The number of hydrogen-bond acceptors (Lipinski definition) is 2. The van der Waals surface area contributed by atoms with Gasteiger partial charge in [0.25, 0.3) is 0 Å². The van der Waals surface area contributed by atoms with Crippen LogP contribution in [-0.4, -0.2) is 6.17 Å². The van der Waals surface area contributed by atoms with Crippen molar-refractivity contribution < 1.29 is 0 Å². The molecule has 9 rings (SSSR count). The lowest BCUT2D eigenvalue weighted by Gasteiger charge is -2.55. The van der Waals surface area contributed by atoms with Gasteiger partial charge in [-0.1, -0.05) is 134 Å². The van der Waals surface area contributed by atoms with Crippen LogP contribution >= 0.6 is 0 Å². The zero-order chi connectivity index (χ0) is 32.1. The molecule has 0 saturated carbocycles. The van der Waals surface area contributed by atoms with Crippen LogP contribution in [0.25, 0.3) is 5.57 Å². The Morgan fingerprint density at radius 1 is 0.792 bits per heavy atom. The fraction of sp³-hybridized carbons (Fsp3) is 0.261. The van der Waals surface area contributed by atoms with Gasteiger partial charge in [-0.3, -0.25) is 0 Å². The molecular weight excluding hydrogens is 581 g/mol. The fourth-order valence-corrected chi connectivity index (χ4v) is 9.80. The predicted molar refractivity (Wildman–Crippen MR) is 202 cm³/mol. The van der Waals surface area contributed by atoms with Crippen molar-refractivity contribution in [3.8, 4) is 0 Å². The van der Waals surface area contributed by atoms with Gasteiger partial charge in [0.2, 0.25) is 0 Å². The number of anilines is 3. The highest BCUT2D eigenvalue weighted by molar-refractivity contribution is 5.84. The SMILES string of the molecule is CC12CCC(C3Nc4ccccc4N3c3ccccc3)=CC1=C(C1C=CC=CC1)C1=CC=CCC1C2C1C=CC(c2ccccc2)=CC1. The van der Waals surface area contributed by atoms with Crippen molar-refractivity contribution in [1.29, 1.82) is 0 Å². The van der Waals surface area contributed by atoms with Gasteiger partial charge in [-0.25, -0.2) is 0 Å². The summed E-state index contributed by atoms with van der Waals surface area (Å²) < 4.78 is 0. The number of hydrogen-bond donors (Lipinski definition) is 1. The average molecular weight is 625 g/mol. The highest BCUT2D eigenvalue weighted by atomic mass is 15.3. The van der Waals surface area contributed by atoms with Gasteiger partial charge in [-0.2, -0.15) is 0 Å². The Hall–Kier alpha value is -4.82. The zero-order valence-electron chi connectivity index (χ0n) is 27.8. The van der Waals surface area contributed by atoms with Crippen molar-refractivity contribution in [2.45, 2.75) is 45.2 Å². The number of benzene rings is 3. The molecule has 6 unspecified atom stereocenters. The first kappa shape index (κ1) is 29.3. The Labute approximate surface area is 286 Å². The second-order valence-electron chi connectivity index (χ2n) is 14.6. The van der Waals surface area contributed by atoms with Gasteiger partial charge in [-0.05, 0) is 113 Å². The van der Waals surface area contributed by atoms with Crippen LogP contribution in [0.1, 0.15) is 44.6 Å². The molecular formula is C46H44N2. The molecule has 3 aromatic carbocycles. The minimum Gasteiger partial charge on any atom is -0.360 e. The van der Waals surface area contributed by atoms with Gasteiger partial charge in [0.1, 0.15) is 6.17 Å². The van der Waals surface area contributed by atoms with E-state index in [9.17, 15) is 0 Å². The van der Waals surface area contributed by atoms with Crippen LogP contribution in [-0.2, 0) is 0 Å². The summed E-state index contributed by atoms with van der Waals surface area (Å²) in [7, 11) is 0. The maximum Gasteiger partial charge on any atom is 0.126 e. The third-order valence-corrected chi connectivity index (χ3v) is 12.0. The molecule has 3 aromatic rings. The molecule has 2 nitrogen and oxygen atoms in total. The summed E-state index contributed by atoms with van der Waals surface area (Å²) in [6, 6.07) is 30.6. The van der Waals surface area contributed by atoms with Gasteiger partial charge < -0.3 is 10.2 Å². The number of nitrogens with zero attached hydrogens (tertiary/aromatic N) is 1. The van der Waals surface area contributed by atoms with Crippen molar-refractivity contribution in [2.24, 2.45) is 29.1 Å². The smallest absolute Gasteiger partial charge is 0.126 e. The summed E-state index contributed by atoms with van der Waals surface area (Å²) in [4.78, 5) is 2.53. The molecule has 238 valence electrons. The summed E-state index contributed by atoms with van der Waals surface area (Å²) in [6.07, 6.45) is 32.4. The van der Waals surface area contributed by atoms with Gasteiger partial charge in [0.05, 0.1) is 11.4 Å². The third kappa shape index (κ3) is 4.84. The lowest BCUT2D eigenvalue weighted by Crippen LogP contribution is -2.47. The van der Waals surface area contributed by atoms with Crippen molar-refractivity contribution in [2.75, 3.05) is 10.2 Å². The van der Waals surface area contributed by atoms with Crippen LogP contribution in [0, 0.1) is 29.1 Å². The van der Waals surface area contributed by atoms with Crippen molar-refractivity contribution in [1.82, 2.24) is 0 Å². The van der Waals surface area contributed by atoms with Gasteiger partial charge in [0.15, 0.2) is 0 Å². The van der Waals surface area contributed by atoms with Gasteiger partial charge in [0, 0.05) is 11.6 Å². The normalized spacial score (nSPS) is 30.1. The lowest BCUT2D eigenvalue weighted by atomic mass is 9.49. The Morgan fingerprint density at radius 2 is 1.58 bits per heavy atom. The summed E-state index contributed by atoms with van der Waals surface area (Å²) in [5.41, 5.74) is 12.7. The number of allylic oxidation sites excluding steroid dienone is 15. The quantitative estimate of drug-likeness (QED) is 0.304. The van der Waals surface area contributed by atoms with Gasteiger partial charge >= 0.3 is 0 Å². The highest BCUT2D eigenvalue weighted by Gasteiger charge is 2.53. The fourth-order valence-electron chi connectivity index (χ4n) is 9.80. The first-order valence-corrected chi connectivity index (χ1v) is 18.0. The van der Waals surface area contributed by atoms with E-state index in [4.69, 9.17) is 0 Å². The minimum atomic E-state index is 0.0805. The van der Waals surface area contributed by atoms with E-state index in [2.05, 4.69) is 169 Å². The van der Waals surface area contributed by atoms with E-state index in [0.29, 0.717) is 23.7 Å². The molecule has 6 atom stereocenters. The Balaban J connectivity index is 1.17. The van der Waals surface area contributed by atoms with Crippen LogP contribution in [0.5, 0.6) is 0 Å². The molecule has 5 aliphatic carbocycles. The molecule has 0 bridgehead atoms. The molecule has 0 amide bonds. The second kappa shape index (κ2) is 12.0. The predicted octanol–water partition coefficient (Wildman–Crippen LogP) is 11.5. The van der Waals surface area contributed by atoms with Crippen LogP contribution in [0.4, 0.5) is 17.1 Å². The standard InChI is InChI=1S/C46H44N2/c1-46-30-29-36(45-47-41-23-13-14-24-42(41)48(45)37-19-9-4-10-20-37)31-40(46)43(34-17-7-3-8-18-34)38-21-11-12-22-39(38)44(46)35-27-25-33(26-28-35)32-15-5-2-6-16-32/h2-17,19-21,23-27,31,34-35,39,44-45,47H,18,22,28-30H2,1H3. The van der Waals surface area contributed by atoms with E-state index in [1.54, 1.807) is 16.7 Å². The zero-order valence-corrected chi connectivity index (χ0v) is 27.8. The number of nitrogens with one attached hydrogen (secondary N) is 1. The van der Waals surface area contributed by atoms with E-state index >= 15 is 0 Å². The number of fused-ring (bicyclic) bond motifs is 3. The molecule has 1 N–H and O–H groups in total. The van der Waals surface area contributed by atoms with E-state index in [-0.39, 0.29) is 11.6 Å². The van der Waals surface area contributed by atoms with Crippen LogP contribution < -0.4 is 10.2 Å². The molecule has 0 saturated heterocycles. The molecule has 0 radical (unpaired) electrons. The van der Waals surface area contributed by atoms with E-state index in [1.165, 1.54) is 40.2 Å². The largest absolute Gasteiger partial charge is 0.360 e. The number of para-hydroxylation sites is 3. The molecule has 1 heterocycles. The molecule has 0 aromatic heterocycles. The number of rotatable bonds is 5. The molecule has 1 aliphatic heterocycles. The lowest BCUT2D eigenvalue weighted by molar-refractivity contribution is 0.105. The molecule has 6 aliphatic rings. The Morgan fingerprint density at radius 3 is 2.38 bits per heavy atom. The summed E-state index contributed by atoms with van der Waals surface area (Å²) in [5.74, 6) is 1.98. The molecule has 2 heteroatoms. The maximum atomic E-state index is 3.97. The van der Waals surface area contributed by atoms with Gasteiger partial charge in [-0.15, -0.1) is 0 Å². The summed E-state index contributed by atoms with van der Waals surface area (Å²) in [6.45, 7) is 2.63. The second-order valence-corrected chi connectivity index (χ2v) is 14.6. The highest BCUT2D eigenvalue weighted by Crippen LogP contribution is 2.62. The third-order valence-electron chi connectivity index (χ3n) is 12.0. The molecule has 0 spiro atoms. The first-order valence-electron chi connectivity index (χ1n) is 18.0. The maximum absolute atomic E-state index is 3.97. The van der Waals surface area contributed by atoms with Crippen molar-refractivity contribution >= 4 is 22.6 Å². The monoisotopic (exact) mass is 624 g/mol. The molecule has 48 heavy (non-hydrogen) atoms. The van der Waals surface area contributed by atoms with E-state index in [1.807, 2.05) is 0 Å². The van der Waals surface area contributed by atoms with Crippen LogP contribution in [0.15, 0.2) is 174 Å². The summed E-state index contributed by atoms with van der Waals surface area (Å²) in [5, 5.41) is 3.97. The van der Waals surface area contributed by atoms with Crippen molar-refractivity contribution in [3.63, 3.8) is 0 Å². The Kier molecular flexibility index (Phi) is 7.34. The molecule has 0 fully saturated rings. The topological polar surface area (TPSA) is 15.3 Å². The average Bonchev–Trinajstić information content (AvgIpc) is 3.54. The first-order chi connectivity index (χ1) is 23.7. The summed E-state index contributed by atoms with van der Waals surface area (Å²) >= 11 is 0. The van der Waals surface area contributed by atoms with E-state index in [0.717, 1.165) is 25.7 Å². The minimum absolute atomic E-state index is 0.0805. The van der Waals surface area contributed by atoms with Crippen LogP contribution in [0.3, 0.4) is 0 Å². The Bertz CT molecular complexity index is 1970. The van der Waals surface area contributed by atoms with E-state index < -0.39 is 0 Å². The van der Waals surface area contributed by atoms with Crippen molar-refractivity contribution in [3.05, 3.63) is 180 Å².